The smallest absolute Gasteiger partial charge is 0.223 e. The Hall–Kier alpha value is -0.570. The van der Waals surface area contributed by atoms with Crippen molar-refractivity contribution in [2.75, 3.05) is 19.6 Å². The van der Waals surface area contributed by atoms with Gasteiger partial charge >= 0.3 is 0 Å². The summed E-state index contributed by atoms with van der Waals surface area (Å²) < 4.78 is 0. The molecule has 0 bridgehead atoms. The lowest BCUT2D eigenvalue weighted by atomic mass is 10.2. The Balaban J connectivity index is 1.63. The third-order valence-corrected chi connectivity index (χ3v) is 3.31. The van der Waals surface area contributed by atoms with Crippen molar-refractivity contribution in [3.8, 4) is 0 Å². The number of likely N-dealkylation sites (tertiary alicyclic amines) is 1. The zero-order valence-corrected chi connectivity index (χ0v) is 9.50. The number of rotatable bonds is 4. The van der Waals surface area contributed by atoms with Crippen molar-refractivity contribution >= 4 is 5.91 Å². The fourth-order valence-corrected chi connectivity index (χ4v) is 2.15. The van der Waals surface area contributed by atoms with E-state index in [-0.39, 0.29) is 0 Å². The summed E-state index contributed by atoms with van der Waals surface area (Å²) in [6.07, 6.45) is 8.28. The van der Waals surface area contributed by atoms with Crippen LogP contribution in [0.2, 0.25) is 0 Å². The SMILES string of the molecule is O=C(CCNC1CC1)N1CCCCCC1. The van der Waals surface area contributed by atoms with Gasteiger partial charge in [-0.1, -0.05) is 12.8 Å². The van der Waals surface area contributed by atoms with Gasteiger partial charge in [-0.3, -0.25) is 4.79 Å². The zero-order valence-electron chi connectivity index (χ0n) is 9.50. The molecule has 0 radical (unpaired) electrons. The number of carbonyl (C=O) groups is 1. The predicted octanol–water partition coefficient (Wildman–Crippen LogP) is 1.53. The molecule has 1 saturated carbocycles. The lowest BCUT2D eigenvalue weighted by molar-refractivity contribution is -0.131. The van der Waals surface area contributed by atoms with Crippen LogP contribution in [0.15, 0.2) is 0 Å². The van der Waals surface area contributed by atoms with Crippen LogP contribution >= 0.6 is 0 Å². The molecule has 3 nitrogen and oxygen atoms in total. The fourth-order valence-electron chi connectivity index (χ4n) is 2.15. The number of carbonyl (C=O) groups excluding carboxylic acids is 1. The van der Waals surface area contributed by atoms with Crippen LogP contribution in [-0.2, 0) is 4.79 Å². The first kappa shape index (κ1) is 10.9. The molecule has 1 saturated heterocycles. The van der Waals surface area contributed by atoms with Crippen LogP contribution in [0.3, 0.4) is 0 Å². The van der Waals surface area contributed by atoms with E-state index >= 15 is 0 Å². The molecule has 3 heteroatoms. The van der Waals surface area contributed by atoms with Gasteiger partial charge in [0.15, 0.2) is 0 Å². The molecule has 0 aromatic carbocycles. The maximum absolute atomic E-state index is 11.8. The molecule has 0 unspecified atom stereocenters. The van der Waals surface area contributed by atoms with E-state index in [4.69, 9.17) is 0 Å². The normalized spacial score (nSPS) is 22.5. The molecule has 2 fully saturated rings. The topological polar surface area (TPSA) is 32.3 Å². The van der Waals surface area contributed by atoms with Crippen LogP contribution in [0.4, 0.5) is 0 Å². The van der Waals surface area contributed by atoms with Crippen molar-refractivity contribution in [3.05, 3.63) is 0 Å². The van der Waals surface area contributed by atoms with Gasteiger partial charge in [-0.2, -0.15) is 0 Å². The van der Waals surface area contributed by atoms with Gasteiger partial charge < -0.3 is 10.2 Å². The van der Waals surface area contributed by atoms with Crippen molar-refractivity contribution in [2.45, 2.75) is 51.0 Å². The first-order chi connectivity index (χ1) is 7.36. The molecule has 0 spiro atoms. The van der Waals surface area contributed by atoms with Gasteiger partial charge in [-0.05, 0) is 25.7 Å². The van der Waals surface area contributed by atoms with E-state index in [2.05, 4.69) is 10.2 Å². The van der Waals surface area contributed by atoms with Crippen LogP contribution in [0, 0.1) is 0 Å². The lowest BCUT2D eigenvalue weighted by Crippen LogP contribution is -2.34. The minimum absolute atomic E-state index is 0.352. The predicted molar refractivity (Wildman–Crippen MR) is 60.7 cm³/mol. The number of hydrogen-bond acceptors (Lipinski definition) is 2. The molecule has 86 valence electrons. The minimum atomic E-state index is 0.352. The monoisotopic (exact) mass is 210 g/mol. The molecule has 0 atom stereocenters. The third-order valence-electron chi connectivity index (χ3n) is 3.31. The zero-order chi connectivity index (χ0) is 10.5. The Labute approximate surface area is 92.2 Å². The van der Waals surface area contributed by atoms with Crippen LogP contribution in [-0.4, -0.2) is 36.5 Å². The molecule has 1 aliphatic carbocycles. The summed E-state index contributed by atoms with van der Waals surface area (Å²) in [5.41, 5.74) is 0. The Morgan fingerprint density at radius 1 is 1.13 bits per heavy atom. The molecule has 2 rings (SSSR count). The molecule has 15 heavy (non-hydrogen) atoms. The summed E-state index contributed by atoms with van der Waals surface area (Å²) in [5.74, 6) is 0.352. The van der Waals surface area contributed by atoms with Gasteiger partial charge in [0.25, 0.3) is 0 Å². The van der Waals surface area contributed by atoms with E-state index in [9.17, 15) is 4.79 Å². The van der Waals surface area contributed by atoms with E-state index in [1.807, 2.05) is 0 Å². The summed E-state index contributed by atoms with van der Waals surface area (Å²) in [5, 5.41) is 3.39. The molecule has 1 amide bonds. The summed E-state index contributed by atoms with van der Waals surface area (Å²) >= 11 is 0. The average molecular weight is 210 g/mol. The van der Waals surface area contributed by atoms with Crippen molar-refractivity contribution in [2.24, 2.45) is 0 Å². The van der Waals surface area contributed by atoms with Gasteiger partial charge in [0.05, 0.1) is 0 Å². The van der Waals surface area contributed by atoms with Gasteiger partial charge in [0, 0.05) is 32.1 Å². The second-order valence-electron chi connectivity index (χ2n) is 4.77. The van der Waals surface area contributed by atoms with Gasteiger partial charge in [0.1, 0.15) is 0 Å². The summed E-state index contributed by atoms with van der Waals surface area (Å²) in [7, 11) is 0. The average Bonchev–Trinajstić information content (AvgIpc) is 3.04. The number of nitrogens with one attached hydrogen (secondary N) is 1. The van der Waals surface area contributed by atoms with Crippen LogP contribution in [0.1, 0.15) is 44.9 Å². The van der Waals surface area contributed by atoms with Crippen molar-refractivity contribution < 1.29 is 4.79 Å². The first-order valence-electron chi connectivity index (χ1n) is 6.37. The van der Waals surface area contributed by atoms with Gasteiger partial charge in [-0.25, -0.2) is 0 Å². The second kappa shape index (κ2) is 5.50. The Kier molecular flexibility index (Phi) is 4.01. The van der Waals surface area contributed by atoms with Crippen molar-refractivity contribution in [3.63, 3.8) is 0 Å². The highest BCUT2D eigenvalue weighted by Crippen LogP contribution is 2.18. The standard InChI is InChI=1S/C12H22N2O/c15-12(7-8-13-11-5-6-11)14-9-3-1-2-4-10-14/h11,13H,1-10H2. The Morgan fingerprint density at radius 3 is 2.40 bits per heavy atom. The second-order valence-corrected chi connectivity index (χ2v) is 4.77. The van der Waals surface area contributed by atoms with Crippen LogP contribution < -0.4 is 5.32 Å². The summed E-state index contributed by atoms with van der Waals surface area (Å²) in [4.78, 5) is 13.9. The van der Waals surface area contributed by atoms with Gasteiger partial charge in [0.2, 0.25) is 5.91 Å². The highest BCUT2D eigenvalue weighted by Gasteiger charge is 2.21. The van der Waals surface area contributed by atoms with Crippen LogP contribution in [0.25, 0.3) is 0 Å². The minimum Gasteiger partial charge on any atom is -0.343 e. The molecule has 1 aliphatic heterocycles. The molecule has 1 heterocycles. The fraction of sp³-hybridized carbons (Fsp3) is 0.917. The molecule has 2 aliphatic rings. The molecule has 0 aromatic heterocycles. The number of amides is 1. The van der Waals surface area contributed by atoms with Crippen molar-refractivity contribution in [1.82, 2.24) is 10.2 Å². The largest absolute Gasteiger partial charge is 0.343 e. The molecule has 0 aromatic rings. The van der Waals surface area contributed by atoms with Crippen molar-refractivity contribution in [1.29, 1.82) is 0 Å². The van der Waals surface area contributed by atoms with E-state index in [0.29, 0.717) is 12.3 Å². The maximum Gasteiger partial charge on any atom is 0.223 e. The van der Waals surface area contributed by atoms with E-state index in [1.165, 1.54) is 38.5 Å². The quantitative estimate of drug-likeness (QED) is 0.763. The maximum atomic E-state index is 11.8. The van der Waals surface area contributed by atoms with E-state index in [0.717, 1.165) is 25.7 Å². The van der Waals surface area contributed by atoms with E-state index < -0.39 is 0 Å². The lowest BCUT2D eigenvalue weighted by Gasteiger charge is -2.20. The van der Waals surface area contributed by atoms with Gasteiger partial charge in [-0.15, -0.1) is 0 Å². The Morgan fingerprint density at radius 2 is 1.80 bits per heavy atom. The number of hydrogen-bond donors (Lipinski definition) is 1. The molecular weight excluding hydrogens is 188 g/mol. The Bertz CT molecular complexity index is 206. The number of nitrogens with zero attached hydrogens (tertiary/aromatic N) is 1. The molecule has 1 N–H and O–H groups in total. The third kappa shape index (κ3) is 3.82. The van der Waals surface area contributed by atoms with Crippen LogP contribution in [0.5, 0.6) is 0 Å². The highest BCUT2D eigenvalue weighted by molar-refractivity contribution is 5.76. The first-order valence-corrected chi connectivity index (χ1v) is 6.37. The summed E-state index contributed by atoms with van der Waals surface area (Å²) in [6.45, 7) is 2.85. The van der Waals surface area contributed by atoms with E-state index in [1.54, 1.807) is 0 Å². The summed E-state index contributed by atoms with van der Waals surface area (Å²) in [6, 6.07) is 0.724. The highest BCUT2D eigenvalue weighted by atomic mass is 16.2. The molecular formula is C12H22N2O.